The quantitative estimate of drug-likeness (QED) is 0.297. The molecule has 0 radical (unpaired) electrons. The molecule has 3 aromatic rings. The molecular formula is C31H33BN2O7. The number of Topliss-reactive ketones (excluding diaryl/α,β-unsaturated/α-hetero) is 1. The Kier molecular flexibility index (Phi) is 10.0. The van der Waals surface area contributed by atoms with Crippen molar-refractivity contribution in [3.8, 4) is 11.3 Å². The van der Waals surface area contributed by atoms with E-state index in [4.69, 9.17) is 14.4 Å². The van der Waals surface area contributed by atoms with E-state index in [2.05, 4.69) is 10.3 Å². The van der Waals surface area contributed by atoms with Gasteiger partial charge in [0.2, 0.25) is 0 Å². The number of pyridine rings is 1. The van der Waals surface area contributed by atoms with Crippen LogP contribution in [0, 0.1) is 5.92 Å². The molecule has 9 nitrogen and oxygen atoms in total. The molecule has 2 N–H and O–H groups in total. The Labute approximate surface area is 239 Å². The van der Waals surface area contributed by atoms with Crippen LogP contribution >= 0.6 is 0 Å². The number of hydrogen-bond acceptors (Lipinski definition) is 7. The van der Waals surface area contributed by atoms with Gasteiger partial charge in [-0.3, -0.25) is 19.2 Å². The summed E-state index contributed by atoms with van der Waals surface area (Å²) in [5, 5.41) is 12.0. The number of carbonyl (C=O) groups is 4. The summed E-state index contributed by atoms with van der Waals surface area (Å²) in [5.41, 5.74) is 2.54. The number of amides is 1. The van der Waals surface area contributed by atoms with Crippen LogP contribution in [0.2, 0.25) is 5.82 Å². The van der Waals surface area contributed by atoms with Gasteiger partial charge in [-0.05, 0) is 36.5 Å². The second-order valence-corrected chi connectivity index (χ2v) is 10.6. The number of aliphatic carboxylic acids is 1. The lowest BCUT2D eigenvalue weighted by Crippen LogP contribution is -2.44. The molecule has 2 heterocycles. The first-order valence-electron chi connectivity index (χ1n) is 13.7. The Hall–Kier alpha value is -4.31. The van der Waals surface area contributed by atoms with E-state index in [1.165, 1.54) is 0 Å². The van der Waals surface area contributed by atoms with E-state index >= 15 is 0 Å². The van der Waals surface area contributed by atoms with Crippen LogP contribution in [0.4, 0.5) is 0 Å². The molecule has 1 aliphatic rings. The highest BCUT2D eigenvalue weighted by Crippen LogP contribution is 2.32. The van der Waals surface area contributed by atoms with Crippen molar-refractivity contribution in [3.63, 3.8) is 0 Å². The van der Waals surface area contributed by atoms with Crippen LogP contribution in [-0.4, -0.2) is 53.0 Å². The van der Waals surface area contributed by atoms with Crippen molar-refractivity contribution in [2.24, 2.45) is 5.92 Å². The van der Waals surface area contributed by atoms with Crippen molar-refractivity contribution in [1.29, 1.82) is 0 Å². The van der Waals surface area contributed by atoms with Crippen molar-refractivity contribution in [1.82, 2.24) is 10.3 Å². The minimum atomic E-state index is -1.22. The Morgan fingerprint density at radius 3 is 2.32 bits per heavy atom. The Balaban J connectivity index is 1.54. The van der Waals surface area contributed by atoms with Gasteiger partial charge in [-0.15, -0.1) is 0 Å². The van der Waals surface area contributed by atoms with Crippen molar-refractivity contribution >= 4 is 30.7 Å². The summed E-state index contributed by atoms with van der Waals surface area (Å²) in [4.78, 5) is 55.0. The second kappa shape index (κ2) is 13.9. The molecule has 1 amide bonds. The summed E-state index contributed by atoms with van der Waals surface area (Å²) in [5.74, 6) is -3.05. The first kappa shape index (κ1) is 29.7. The predicted molar refractivity (Wildman–Crippen MR) is 153 cm³/mol. The molecular weight excluding hydrogens is 523 g/mol. The highest BCUT2D eigenvalue weighted by molar-refractivity contribution is 6.51. The fourth-order valence-electron chi connectivity index (χ4n) is 4.89. The number of carboxylic acid groups (broad SMARTS) is 1. The van der Waals surface area contributed by atoms with Crippen LogP contribution < -0.4 is 5.32 Å². The van der Waals surface area contributed by atoms with Crippen LogP contribution in [0.3, 0.4) is 0 Å². The molecule has 1 aliphatic heterocycles. The molecule has 4 rings (SSSR count). The number of carboxylic acids is 1. The number of carbonyl (C=O) groups excluding carboxylic acids is 3. The van der Waals surface area contributed by atoms with E-state index in [0.29, 0.717) is 12.1 Å². The van der Waals surface area contributed by atoms with Gasteiger partial charge in [0, 0.05) is 17.8 Å². The molecule has 1 saturated heterocycles. The lowest BCUT2D eigenvalue weighted by Gasteiger charge is -2.23. The van der Waals surface area contributed by atoms with E-state index in [-0.39, 0.29) is 30.2 Å². The lowest BCUT2D eigenvalue weighted by atomic mass is 9.65. The van der Waals surface area contributed by atoms with Gasteiger partial charge in [0.05, 0.1) is 18.2 Å². The molecule has 0 saturated carbocycles. The number of nitrogens with zero attached hydrogens (tertiary/aromatic N) is 1. The topological polar surface area (TPSA) is 132 Å². The van der Waals surface area contributed by atoms with Gasteiger partial charge >= 0.3 is 19.1 Å². The maximum atomic E-state index is 13.8. The third kappa shape index (κ3) is 8.34. The number of nitrogens with one attached hydrogen (secondary N) is 1. The van der Waals surface area contributed by atoms with Gasteiger partial charge in [-0.2, -0.15) is 0 Å². The van der Waals surface area contributed by atoms with Crippen LogP contribution in [0.25, 0.3) is 11.3 Å². The zero-order valence-electron chi connectivity index (χ0n) is 23.1. The number of benzene rings is 2. The smallest absolute Gasteiger partial charge is 0.507 e. The summed E-state index contributed by atoms with van der Waals surface area (Å²) in [6, 6.07) is 23.1. The number of aromatic nitrogens is 1. The molecule has 3 atom stereocenters. The summed E-state index contributed by atoms with van der Waals surface area (Å²) < 4.78 is 11.0. The zero-order chi connectivity index (χ0) is 29.4. The zero-order valence-corrected chi connectivity index (χ0v) is 23.1. The molecule has 0 aliphatic carbocycles. The molecule has 0 bridgehead atoms. The van der Waals surface area contributed by atoms with Crippen molar-refractivity contribution in [2.75, 3.05) is 0 Å². The average Bonchev–Trinajstić information content (AvgIpc) is 3.32. The Morgan fingerprint density at radius 2 is 1.66 bits per heavy atom. The first-order valence-corrected chi connectivity index (χ1v) is 13.7. The molecule has 10 heteroatoms. The Morgan fingerprint density at radius 1 is 0.976 bits per heavy atom. The van der Waals surface area contributed by atoms with Crippen LogP contribution in [0.1, 0.15) is 49.2 Å². The van der Waals surface area contributed by atoms with E-state index in [9.17, 15) is 19.2 Å². The molecule has 41 heavy (non-hydrogen) atoms. The highest BCUT2D eigenvalue weighted by atomic mass is 16.7. The maximum Gasteiger partial charge on any atom is 0.531 e. The third-order valence-corrected chi connectivity index (χ3v) is 6.80. The first-order chi connectivity index (χ1) is 19.7. The number of rotatable bonds is 13. The van der Waals surface area contributed by atoms with E-state index in [1.807, 2.05) is 80.6 Å². The van der Waals surface area contributed by atoms with Crippen LogP contribution in [0.5, 0.6) is 0 Å². The minimum Gasteiger partial charge on any atom is -0.507 e. The van der Waals surface area contributed by atoms with Gasteiger partial charge in [-0.25, -0.2) is 4.98 Å². The summed E-state index contributed by atoms with van der Waals surface area (Å²) in [7, 11) is -1.05. The normalized spacial score (nSPS) is 16.2. The van der Waals surface area contributed by atoms with Gasteiger partial charge < -0.3 is 19.7 Å². The van der Waals surface area contributed by atoms with Gasteiger partial charge in [0.1, 0.15) is 5.69 Å². The van der Waals surface area contributed by atoms with Crippen molar-refractivity contribution in [3.05, 3.63) is 90.1 Å². The number of hydrogen-bond donors (Lipinski definition) is 2. The molecule has 0 unspecified atom stereocenters. The highest BCUT2D eigenvalue weighted by Gasteiger charge is 2.47. The summed E-state index contributed by atoms with van der Waals surface area (Å²) >= 11 is 0. The molecule has 212 valence electrons. The minimum absolute atomic E-state index is 0.0365. The summed E-state index contributed by atoms with van der Waals surface area (Å²) in [6.45, 7) is 3.94. The van der Waals surface area contributed by atoms with Crippen LogP contribution in [0.15, 0.2) is 78.9 Å². The van der Waals surface area contributed by atoms with E-state index in [0.717, 1.165) is 11.1 Å². The molecule has 2 aromatic carbocycles. The fourth-order valence-corrected chi connectivity index (χ4v) is 4.89. The third-order valence-electron chi connectivity index (χ3n) is 6.80. The number of ketones is 1. The van der Waals surface area contributed by atoms with Gasteiger partial charge in [0.25, 0.3) is 5.91 Å². The van der Waals surface area contributed by atoms with E-state index in [1.54, 1.807) is 12.1 Å². The van der Waals surface area contributed by atoms with Crippen molar-refractivity contribution in [2.45, 2.75) is 57.5 Å². The maximum absolute atomic E-state index is 13.8. The molecule has 1 aromatic heterocycles. The largest absolute Gasteiger partial charge is 0.531 e. The second-order valence-electron chi connectivity index (χ2n) is 10.6. The van der Waals surface area contributed by atoms with Crippen molar-refractivity contribution < 1.29 is 33.6 Å². The fraction of sp³-hybridized carbons (Fsp3) is 0.323. The van der Waals surface area contributed by atoms with Crippen LogP contribution in [-0.2, 0) is 30.1 Å². The van der Waals surface area contributed by atoms with Gasteiger partial charge in [-0.1, -0.05) is 80.6 Å². The lowest BCUT2D eigenvalue weighted by molar-refractivity contribution is -0.145. The SMILES string of the molecule is CC(C)C[C@H](CC(=O)[C@H](Cc1ccccc1)NC(=O)c1cccc(-c2ccccc2)n1)B1OC(=O)[C@H](CC(=O)O)O1. The van der Waals surface area contributed by atoms with E-state index < -0.39 is 49.3 Å². The molecule has 0 spiro atoms. The standard InChI is InChI=1S/C31H33BN2O7/c1-20(2)16-23(32-40-28(19-29(36)37)31(39)41-32)18-27(35)26(17-21-10-5-3-6-11-21)34-30(38)25-15-9-14-24(33-25)22-12-7-4-8-13-22/h3-15,20,23,26,28H,16-19H2,1-2H3,(H,34,38)(H,36,37)/t23-,26+,28+/m1/s1. The van der Waals surface area contributed by atoms with Gasteiger partial charge in [0.15, 0.2) is 11.9 Å². The summed E-state index contributed by atoms with van der Waals surface area (Å²) in [6.07, 6.45) is -1.02. The molecule has 1 fully saturated rings. The Bertz CT molecular complexity index is 1370. The predicted octanol–water partition coefficient (Wildman–Crippen LogP) is 4.37. The average molecular weight is 556 g/mol. The monoisotopic (exact) mass is 556 g/mol.